The molecule has 0 bridgehead atoms. The standard InChI is InChI=1S/C9H8ClNO4/c10-7-3-1-2-6(11-7)4-9(14)15-5-8(12)13/h1-3H,4-5H2,(H,12,13). The van der Waals surface area contributed by atoms with Crippen LogP contribution in [0.3, 0.4) is 0 Å². The number of carbonyl (C=O) groups is 2. The molecule has 15 heavy (non-hydrogen) atoms. The van der Waals surface area contributed by atoms with Crippen molar-refractivity contribution in [2.24, 2.45) is 0 Å². The minimum absolute atomic E-state index is 0.0894. The van der Waals surface area contributed by atoms with Crippen LogP contribution in [-0.4, -0.2) is 28.6 Å². The lowest BCUT2D eigenvalue weighted by Gasteiger charge is -2.01. The molecule has 0 unspecified atom stereocenters. The number of ether oxygens (including phenoxy) is 1. The number of hydrogen-bond donors (Lipinski definition) is 1. The molecule has 80 valence electrons. The van der Waals surface area contributed by atoms with Crippen LogP contribution in [0.2, 0.25) is 5.15 Å². The number of aliphatic carboxylic acids is 1. The number of carboxylic acid groups (broad SMARTS) is 1. The van der Waals surface area contributed by atoms with Crippen LogP contribution in [0.15, 0.2) is 18.2 Å². The summed E-state index contributed by atoms with van der Waals surface area (Å²) >= 11 is 5.60. The third kappa shape index (κ3) is 4.42. The van der Waals surface area contributed by atoms with Crippen LogP contribution < -0.4 is 0 Å². The normalized spacial score (nSPS) is 9.67. The summed E-state index contributed by atoms with van der Waals surface area (Å²) in [5.41, 5.74) is 0.442. The first-order chi connectivity index (χ1) is 7.08. The van der Waals surface area contributed by atoms with Gasteiger partial charge in [0.2, 0.25) is 0 Å². The van der Waals surface area contributed by atoms with Crippen molar-refractivity contribution in [3.05, 3.63) is 29.0 Å². The molecule has 0 saturated heterocycles. The average Bonchev–Trinajstić information content (AvgIpc) is 2.15. The van der Waals surface area contributed by atoms with Crippen LogP contribution >= 0.6 is 11.6 Å². The van der Waals surface area contributed by atoms with Crippen molar-refractivity contribution in [2.45, 2.75) is 6.42 Å². The van der Waals surface area contributed by atoms with Gasteiger partial charge in [-0.05, 0) is 12.1 Å². The van der Waals surface area contributed by atoms with Gasteiger partial charge < -0.3 is 9.84 Å². The number of carbonyl (C=O) groups excluding carboxylic acids is 1. The summed E-state index contributed by atoms with van der Waals surface area (Å²) in [7, 11) is 0. The SMILES string of the molecule is O=C(O)COC(=O)Cc1cccc(Cl)n1. The maximum Gasteiger partial charge on any atom is 0.341 e. The van der Waals surface area contributed by atoms with Crippen molar-refractivity contribution in [3.63, 3.8) is 0 Å². The zero-order chi connectivity index (χ0) is 11.3. The van der Waals surface area contributed by atoms with Crippen LogP contribution in [0.5, 0.6) is 0 Å². The van der Waals surface area contributed by atoms with Crippen molar-refractivity contribution < 1.29 is 19.4 Å². The molecular formula is C9H8ClNO4. The lowest BCUT2D eigenvalue weighted by Crippen LogP contribution is -2.15. The smallest absolute Gasteiger partial charge is 0.341 e. The first kappa shape index (κ1) is 11.5. The first-order valence-electron chi connectivity index (χ1n) is 4.07. The number of aromatic nitrogens is 1. The fourth-order valence-electron chi connectivity index (χ4n) is 0.890. The van der Waals surface area contributed by atoms with Crippen LogP contribution in [0.4, 0.5) is 0 Å². The second kappa shape index (κ2) is 5.31. The molecular weight excluding hydrogens is 222 g/mol. The Morgan fingerprint density at radius 3 is 2.80 bits per heavy atom. The molecule has 0 saturated carbocycles. The van der Waals surface area contributed by atoms with Crippen molar-refractivity contribution >= 4 is 23.5 Å². The number of halogens is 1. The Kier molecular flexibility index (Phi) is 4.05. The van der Waals surface area contributed by atoms with Gasteiger partial charge in [-0.3, -0.25) is 4.79 Å². The van der Waals surface area contributed by atoms with Crippen LogP contribution in [0.25, 0.3) is 0 Å². The summed E-state index contributed by atoms with van der Waals surface area (Å²) in [5, 5.41) is 8.54. The minimum Gasteiger partial charge on any atom is -0.479 e. The van der Waals surface area contributed by atoms with Gasteiger partial charge in [-0.25, -0.2) is 9.78 Å². The molecule has 5 nitrogen and oxygen atoms in total. The molecule has 0 aliphatic carbocycles. The van der Waals surface area contributed by atoms with Crippen LogP contribution in [-0.2, 0) is 20.7 Å². The lowest BCUT2D eigenvalue weighted by molar-refractivity contribution is -0.154. The number of esters is 1. The number of carboxylic acids is 1. The molecule has 1 N–H and O–H groups in total. The van der Waals surface area contributed by atoms with Gasteiger partial charge in [0.25, 0.3) is 0 Å². The van der Waals surface area contributed by atoms with E-state index in [-0.39, 0.29) is 11.6 Å². The summed E-state index contributed by atoms with van der Waals surface area (Å²) in [4.78, 5) is 25.0. The Bertz CT molecular complexity index is 380. The summed E-state index contributed by atoms with van der Waals surface area (Å²) in [6.45, 7) is -0.639. The van der Waals surface area contributed by atoms with E-state index < -0.39 is 18.5 Å². The van der Waals surface area contributed by atoms with E-state index in [0.717, 1.165) is 0 Å². The quantitative estimate of drug-likeness (QED) is 0.613. The van der Waals surface area contributed by atoms with E-state index in [2.05, 4.69) is 9.72 Å². The summed E-state index contributed by atoms with van der Waals surface area (Å²) in [6.07, 6.45) is -0.0894. The van der Waals surface area contributed by atoms with Gasteiger partial charge in [0.05, 0.1) is 12.1 Å². The Hall–Kier alpha value is -1.62. The summed E-state index contributed by atoms with van der Waals surface area (Å²) in [5.74, 6) is -1.84. The highest BCUT2D eigenvalue weighted by molar-refractivity contribution is 6.29. The van der Waals surface area contributed by atoms with Gasteiger partial charge >= 0.3 is 11.9 Å². The van der Waals surface area contributed by atoms with E-state index >= 15 is 0 Å². The predicted molar refractivity (Wildman–Crippen MR) is 51.5 cm³/mol. The van der Waals surface area contributed by atoms with Gasteiger partial charge in [-0.15, -0.1) is 0 Å². The van der Waals surface area contributed by atoms with Crippen LogP contribution in [0, 0.1) is 0 Å². The molecule has 6 heteroatoms. The van der Waals surface area contributed by atoms with Crippen molar-refractivity contribution in [2.75, 3.05) is 6.61 Å². The van der Waals surface area contributed by atoms with E-state index in [1.807, 2.05) is 0 Å². The monoisotopic (exact) mass is 229 g/mol. The number of rotatable bonds is 4. The van der Waals surface area contributed by atoms with Crippen molar-refractivity contribution in [1.29, 1.82) is 0 Å². The Morgan fingerprint density at radius 1 is 1.47 bits per heavy atom. The number of pyridine rings is 1. The number of nitrogens with zero attached hydrogens (tertiary/aromatic N) is 1. The fourth-order valence-corrected chi connectivity index (χ4v) is 1.07. The van der Waals surface area contributed by atoms with E-state index in [4.69, 9.17) is 16.7 Å². The molecule has 1 aromatic heterocycles. The molecule has 0 aliphatic rings. The fraction of sp³-hybridized carbons (Fsp3) is 0.222. The maximum atomic E-state index is 11.1. The maximum absolute atomic E-state index is 11.1. The van der Waals surface area contributed by atoms with E-state index in [0.29, 0.717) is 5.69 Å². The topological polar surface area (TPSA) is 76.5 Å². The second-order valence-corrected chi connectivity index (χ2v) is 3.07. The Balaban J connectivity index is 2.48. The van der Waals surface area contributed by atoms with E-state index in [9.17, 15) is 9.59 Å². The first-order valence-corrected chi connectivity index (χ1v) is 4.44. The highest BCUT2D eigenvalue weighted by atomic mass is 35.5. The molecule has 0 atom stereocenters. The second-order valence-electron chi connectivity index (χ2n) is 2.68. The van der Waals surface area contributed by atoms with Gasteiger partial charge in [-0.2, -0.15) is 0 Å². The minimum atomic E-state index is -1.19. The molecule has 1 rings (SSSR count). The van der Waals surface area contributed by atoms with Crippen molar-refractivity contribution in [1.82, 2.24) is 4.98 Å². The van der Waals surface area contributed by atoms with E-state index in [1.165, 1.54) is 0 Å². The molecule has 1 heterocycles. The van der Waals surface area contributed by atoms with Crippen LogP contribution in [0.1, 0.15) is 5.69 Å². The lowest BCUT2D eigenvalue weighted by atomic mass is 10.3. The average molecular weight is 230 g/mol. The predicted octanol–water partition coefficient (Wildman–Crippen LogP) is 0.905. The molecule has 0 aliphatic heterocycles. The third-order valence-corrected chi connectivity index (χ3v) is 1.67. The van der Waals surface area contributed by atoms with Crippen molar-refractivity contribution in [3.8, 4) is 0 Å². The molecule has 1 aromatic rings. The molecule has 0 fully saturated rings. The Morgan fingerprint density at radius 2 is 2.20 bits per heavy atom. The Labute approximate surface area is 90.6 Å². The highest BCUT2D eigenvalue weighted by Gasteiger charge is 2.08. The molecule has 0 aromatic carbocycles. The number of hydrogen-bond acceptors (Lipinski definition) is 4. The van der Waals surface area contributed by atoms with Gasteiger partial charge in [0, 0.05) is 0 Å². The summed E-state index contributed by atoms with van der Waals surface area (Å²) < 4.78 is 4.43. The highest BCUT2D eigenvalue weighted by Crippen LogP contribution is 2.05. The third-order valence-electron chi connectivity index (χ3n) is 1.45. The van der Waals surface area contributed by atoms with Gasteiger partial charge in [0.15, 0.2) is 6.61 Å². The molecule has 0 amide bonds. The molecule has 0 spiro atoms. The largest absolute Gasteiger partial charge is 0.479 e. The summed E-state index contributed by atoms with van der Waals surface area (Å²) in [6, 6.07) is 4.83. The van der Waals surface area contributed by atoms with Gasteiger partial charge in [-0.1, -0.05) is 17.7 Å². The zero-order valence-electron chi connectivity index (χ0n) is 7.64. The van der Waals surface area contributed by atoms with E-state index in [1.54, 1.807) is 18.2 Å². The zero-order valence-corrected chi connectivity index (χ0v) is 8.40. The molecule has 0 radical (unpaired) electrons. The van der Waals surface area contributed by atoms with Gasteiger partial charge in [0.1, 0.15) is 5.15 Å².